The predicted molar refractivity (Wildman–Crippen MR) is 108 cm³/mol. The SMILES string of the molecule is COc1ccccc1[C@H]1[C@@H]2SC(N)=NC2=NN1c1ccc([N+](=O)[O-])cc1[N+](=O)[O-]. The molecule has 2 heterocycles. The number of methoxy groups -OCH3 is 1. The fourth-order valence-electron chi connectivity index (χ4n) is 3.35. The van der Waals surface area contributed by atoms with Gasteiger partial charge < -0.3 is 10.5 Å². The van der Waals surface area contributed by atoms with Gasteiger partial charge in [0.15, 0.2) is 11.0 Å². The van der Waals surface area contributed by atoms with Crippen molar-refractivity contribution in [1.82, 2.24) is 0 Å². The maximum Gasteiger partial charge on any atom is 0.301 e. The predicted octanol–water partition coefficient (Wildman–Crippen LogP) is 2.82. The van der Waals surface area contributed by atoms with Gasteiger partial charge in [0.25, 0.3) is 5.69 Å². The minimum atomic E-state index is -0.681. The van der Waals surface area contributed by atoms with E-state index in [1.54, 1.807) is 6.07 Å². The normalized spacial score (nSPS) is 20.1. The summed E-state index contributed by atoms with van der Waals surface area (Å²) in [6.07, 6.45) is 0. The molecule has 0 amide bonds. The number of benzene rings is 2. The first-order valence-electron chi connectivity index (χ1n) is 8.35. The van der Waals surface area contributed by atoms with E-state index in [4.69, 9.17) is 10.5 Å². The Hall–Kier alpha value is -3.67. The minimum absolute atomic E-state index is 0.118. The van der Waals surface area contributed by atoms with Crippen LogP contribution in [0.2, 0.25) is 0 Å². The van der Waals surface area contributed by atoms with Crippen LogP contribution >= 0.6 is 11.8 Å². The Morgan fingerprint density at radius 2 is 1.93 bits per heavy atom. The molecule has 148 valence electrons. The average molecular weight is 414 g/mol. The molecule has 2 N–H and O–H groups in total. The Labute approximate surface area is 168 Å². The number of amidine groups is 2. The van der Waals surface area contributed by atoms with Gasteiger partial charge in [0.2, 0.25) is 0 Å². The van der Waals surface area contributed by atoms with Crippen molar-refractivity contribution in [3.63, 3.8) is 0 Å². The van der Waals surface area contributed by atoms with E-state index in [2.05, 4.69) is 10.1 Å². The summed E-state index contributed by atoms with van der Waals surface area (Å²) in [5.41, 5.74) is 5.91. The number of thioether (sulfide) groups is 1. The van der Waals surface area contributed by atoms with Crippen LogP contribution in [0.15, 0.2) is 52.6 Å². The Kier molecular flexibility index (Phi) is 4.54. The number of nitro benzene ring substituents is 2. The maximum atomic E-state index is 11.6. The molecule has 2 aromatic rings. The summed E-state index contributed by atoms with van der Waals surface area (Å²) in [5, 5.41) is 28.7. The monoisotopic (exact) mass is 414 g/mol. The molecule has 0 spiro atoms. The lowest BCUT2D eigenvalue weighted by Gasteiger charge is -2.27. The first-order chi connectivity index (χ1) is 13.9. The van der Waals surface area contributed by atoms with Crippen LogP contribution in [0.25, 0.3) is 0 Å². The first-order valence-corrected chi connectivity index (χ1v) is 9.23. The molecule has 0 aromatic heterocycles. The molecule has 29 heavy (non-hydrogen) atoms. The van der Waals surface area contributed by atoms with Crippen molar-refractivity contribution in [3.05, 3.63) is 68.3 Å². The molecule has 11 nitrogen and oxygen atoms in total. The zero-order chi connectivity index (χ0) is 20.7. The van der Waals surface area contributed by atoms with Gasteiger partial charge in [-0.25, -0.2) is 10.0 Å². The summed E-state index contributed by atoms with van der Waals surface area (Å²) in [4.78, 5) is 25.6. The lowest BCUT2D eigenvalue weighted by Crippen LogP contribution is -2.27. The topological polar surface area (TPSA) is 149 Å². The lowest BCUT2D eigenvalue weighted by atomic mass is 10.0. The van der Waals surface area contributed by atoms with Crippen molar-refractivity contribution >= 4 is 39.8 Å². The van der Waals surface area contributed by atoms with Gasteiger partial charge in [-0.2, -0.15) is 5.10 Å². The van der Waals surface area contributed by atoms with Gasteiger partial charge in [-0.3, -0.25) is 20.2 Å². The standard InChI is InChI=1S/C17H14N6O5S/c1-28-13-5-3-2-4-10(13)14-15-16(19-17(18)29-15)20-21(14)11-7-6-9(22(24)25)8-12(11)23(26)27/h2-8,14-15H,1H3,(H2,18,19,20)/t14-,15-/m0/s1. The number of fused-ring (bicyclic) bond motifs is 1. The van der Waals surface area contributed by atoms with E-state index >= 15 is 0 Å². The molecule has 0 saturated heterocycles. The smallest absolute Gasteiger partial charge is 0.301 e. The Balaban J connectivity index is 1.89. The number of non-ortho nitro benzene ring substituents is 1. The number of rotatable bonds is 5. The van der Waals surface area contributed by atoms with Crippen LogP contribution in [0, 0.1) is 20.2 Å². The van der Waals surface area contributed by atoms with Gasteiger partial charge in [0, 0.05) is 11.6 Å². The zero-order valence-corrected chi connectivity index (χ0v) is 15.8. The molecule has 0 unspecified atom stereocenters. The van der Waals surface area contributed by atoms with Crippen LogP contribution in [-0.2, 0) is 0 Å². The summed E-state index contributed by atoms with van der Waals surface area (Å²) in [6.45, 7) is 0. The first kappa shape index (κ1) is 18.7. The molecule has 2 aliphatic rings. The highest BCUT2D eigenvalue weighted by Crippen LogP contribution is 2.48. The van der Waals surface area contributed by atoms with E-state index in [1.807, 2.05) is 18.2 Å². The van der Waals surface area contributed by atoms with Crippen molar-refractivity contribution in [2.45, 2.75) is 11.3 Å². The quantitative estimate of drug-likeness (QED) is 0.579. The van der Waals surface area contributed by atoms with E-state index in [1.165, 1.54) is 36.0 Å². The number of hydrogen-bond donors (Lipinski definition) is 1. The molecule has 2 aliphatic heterocycles. The molecule has 0 aliphatic carbocycles. The molecule has 0 fully saturated rings. The van der Waals surface area contributed by atoms with E-state index in [9.17, 15) is 20.2 Å². The summed E-state index contributed by atoms with van der Waals surface area (Å²) in [5.74, 6) is 1.01. The molecular weight excluding hydrogens is 400 g/mol. The van der Waals surface area contributed by atoms with Gasteiger partial charge in [0.1, 0.15) is 22.7 Å². The number of hydrazone groups is 1. The fraction of sp³-hybridized carbons (Fsp3) is 0.176. The Bertz CT molecular complexity index is 1090. The molecule has 0 radical (unpaired) electrons. The summed E-state index contributed by atoms with van der Waals surface area (Å²) in [7, 11) is 1.53. The van der Waals surface area contributed by atoms with Gasteiger partial charge >= 0.3 is 5.69 Å². The summed E-state index contributed by atoms with van der Waals surface area (Å²) < 4.78 is 5.47. The Morgan fingerprint density at radius 3 is 2.62 bits per heavy atom. The number of aliphatic imine (C=N–C) groups is 1. The van der Waals surface area contributed by atoms with Gasteiger partial charge in [0.05, 0.1) is 23.0 Å². The number of ether oxygens (including phenoxy) is 1. The zero-order valence-electron chi connectivity index (χ0n) is 15.0. The van der Waals surface area contributed by atoms with Crippen LogP contribution in [0.5, 0.6) is 5.75 Å². The lowest BCUT2D eigenvalue weighted by molar-refractivity contribution is -0.393. The highest BCUT2D eigenvalue weighted by Gasteiger charge is 2.46. The molecule has 12 heteroatoms. The van der Waals surface area contributed by atoms with Crippen molar-refractivity contribution < 1.29 is 14.6 Å². The van der Waals surface area contributed by atoms with Gasteiger partial charge in [-0.05, 0) is 12.1 Å². The van der Waals surface area contributed by atoms with Crippen molar-refractivity contribution in [3.8, 4) is 5.75 Å². The minimum Gasteiger partial charge on any atom is -0.496 e. The number of hydrogen-bond acceptors (Lipinski definition) is 10. The number of nitro groups is 2. The summed E-state index contributed by atoms with van der Waals surface area (Å²) in [6, 6.07) is 10.2. The third-order valence-electron chi connectivity index (χ3n) is 4.56. The van der Waals surface area contributed by atoms with E-state index < -0.39 is 21.6 Å². The average Bonchev–Trinajstić information content (AvgIpc) is 3.23. The van der Waals surface area contributed by atoms with Gasteiger partial charge in [-0.1, -0.05) is 30.0 Å². The van der Waals surface area contributed by atoms with Crippen molar-refractivity contribution in [2.24, 2.45) is 15.8 Å². The molecule has 2 atom stereocenters. The molecule has 0 saturated carbocycles. The maximum absolute atomic E-state index is 11.6. The second-order valence-corrected chi connectivity index (χ2v) is 7.33. The number of nitrogens with two attached hydrogens (primary N) is 1. The number of anilines is 1. The number of nitrogens with zero attached hydrogens (tertiary/aromatic N) is 5. The number of para-hydroxylation sites is 1. The van der Waals surface area contributed by atoms with Crippen LogP contribution in [0.4, 0.5) is 17.1 Å². The van der Waals surface area contributed by atoms with E-state index in [-0.39, 0.29) is 16.6 Å². The summed E-state index contributed by atoms with van der Waals surface area (Å²) >= 11 is 1.30. The highest BCUT2D eigenvalue weighted by atomic mass is 32.2. The third kappa shape index (κ3) is 3.12. The molecule has 4 rings (SSSR count). The molecular formula is C17H14N6O5S. The largest absolute Gasteiger partial charge is 0.496 e. The third-order valence-corrected chi connectivity index (χ3v) is 5.61. The fourth-order valence-corrected chi connectivity index (χ4v) is 4.35. The second kappa shape index (κ2) is 7.05. The van der Waals surface area contributed by atoms with Crippen LogP contribution < -0.4 is 15.5 Å². The van der Waals surface area contributed by atoms with Gasteiger partial charge in [-0.15, -0.1) is 0 Å². The van der Waals surface area contributed by atoms with Crippen LogP contribution in [-0.4, -0.2) is 33.2 Å². The van der Waals surface area contributed by atoms with Crippen molar-refractivity contribution in [1.29, 1.82) is 0 Å². The van der Waals surface area contributed by atoms with E-state index in [0.29, 0.717) is 16.8 Å². The molecule has 0 bridgehead atoms. The highest BCUT2D eigenvalue weighted by molar-refractivity contribution is 8.15. The second-order valence-electron chi connectivity index (χ2n) is 6.17. The molecule has 2 aromatic carbocycles. The van der Waals surface area contributed by atoms with Crippen LogP contribution in [0.3, 0.4) is 0 Å². The van der Waals surface area contributed by atoms with E-state index in [0.717, 1.165) is 11.6 Å². The Morgan fingerprint density at radius 1 is 1.17 bits per heavy atom. The van der Waals surface area contributed by atoms with Crippen molar-refractivity contribution in [2.75, 3.05) is 12.1 Å². The van der Waals surface area contributed by atoms with Crippen LogP contribution in [0.1, 0.15) is 11.6 Å².